The fourth-order valence-corrected chi connectivity index (χ4v) is 2.80. The number of nitrogens with two attached hydrogens (primary N) is 1. The van der Waals surface area contributed by atoms with Crippen LogP contribution in [-0.2, 0) is 5.54 Å². The molecule has 0 saturated heterocycles. The van der Waals surface area contributed by atoms with Crippen molar-refractivity contribution in [1.29, 1.82) is 0 Å². The lowest BCUT2D eigenvalue weighted by Crippen LogP contribution is -2.38. The average molecular weight is 242 g/mol. The molecule has 3 rings (SSSR count). The van der Waals surface area contributed by atoms with Gasteiger partial charge in [0.15, 0.2) is 0 Å². The average Bonchev–Trinajstić information content (AvgIpc) is 2.94. The first-order valence-corrected chi connectivity index (χ1v) is 6.57. The fourth-order valence-electron chi connectivity index (χ4n) is 2.80. The highest BCUT2D eigenvalue weighted by Gasteiger charge is 2.29. The summed E-state index contributed by atoms with van der Waals surface area (Å²) < 4.78 is 5.34. The highest BCUT2D eigenvalue weighted by Crippen LogP contribution is 2.35. The van der Waals surface area contributed by atoms with Crippen LogP contribution >= 0.6 is 0 Å². The largest absolute Gasteiger partial charge is 0.445 e. The van der Waals surface area contributed by atoms with Crippen LogP contribution in [0.25, 0.3) is 11.5 Å². The zero-order chi connectivity index (χ0) is 12.4. The Hall–Kier alpha value is -1.61. The monoisotopic (exact) mass is 242 g/mol. The van der Waals surface area contributed by atoms with Crippen LogP contribution in [-0.4, -0.2) is 4.98 Å². The van der Waals surface area contributed by atoms with Gasteiger partial charge in [0.05, 0.1) is 6.20 Å². The van der Waals surface area contributed by atoms with E-state index in [2.05, 4.69) is 17.1 Å². The van der Waals surface area contributed by atoms with Gasteiger partial charge in [-0.2, -0.15) is 0 Å². The van der Waals surface area contributed by atoms with E-state index < -0.39 is 0 Å². The number of aromatic nitrogens is 1. The third-order valence-corrected chi connectivity index (χ3v) is 3.86. The van der Waals surface area contributed by atoms with Gasteiger partial charge >= 0.3 is 0 Å². The molecule has 94 valence electrons. The molecule has 1 aromatic carbocycles. The van der Waals surface area contributed by atoms with Crippen molar-refractivity contribution in [2.24, 2.45) is 5.73 Å². The minimum atomic E-state index is -0.166. The maximum Gasteiger partial charge on any atom is 0.225 e. The van der Waals surface area contributed by atoms with Crippen molar-refractivity contribution in [1.82, 2.24) is 4.98 Å². The molecule has 0 bridgehead atoms. The smallest absolute Gasteiger partial charge is 0.225 e. The first-order chi connectivity index (χ1) is 8.78. The van der Waals surface area contributed by atoms with Gasteiger partial charge in [-0.25, -0.2) is 4.98 Å². The first kappa shape index (κ1) is 11.5. The molecule has 0 amide bonds. The molecule has 1 saturated carbocycles. The van der Waals surface area contributed by atoms with E-state index in [0.29, 0.717) is 5.89 Å². The lowest BCUT2D eigenvalue weighted by molar-refractivity contribution is 0.302. The molecular weight excluding hydrogens is 224 g/mol. The third kappa shape index (κ3) is 2.06. The third-order valence-electron chi connectivity index (χ3n) is 3.86. The van der Waals surface area contributed by atoms with E-state index in [0.717, 1.165) is 18.4 Å². The maximum absolute atomic E-state index is 6.55. The van der Waals surface area contributed by atoms with E-state index in [1.807, 2.05) is 12.1 Å². The van der Waals surface area contributed by atoms with Gasteiger partial charge < -0.3 is 10.2 Å². The predicted molar refractivity (Wildman–Crippen MR) is 70.9 cm³/mol. The Morgan fingerprint density at radius 3 is 2.72 bits per heavy atom. The summed E-state index contributed by atoms with van der Waals surface area (Å²) in [5, 5.41) is 0. The van der Waals surface area contributed by atoms with Gasteiger partial charge in [-0.15, -0.1) is 0 Å². The van der Waals surface area contributed by atoms with Gasteiger partial charge in [0.25, 0.3) is 0 Å². The summed E-state index contributed by atoms with van der Waals surface area (Å²) >= 11 is 0. The van der Waals surface area contributed by atoms with Crippen LogP contribution < -0.4 is 5.73 Å². The van der Waals surface area contributed by atoms with Crippen molar-refractivity contribution < 1.29 is 4.42 Å². The molecule has 3 heteroatoms. The molecule has 1 heterocycles. The molecule has 0 spiro atoms. The first-order valence-electron chi connectivity index (χ1n) is 6.57. The molecule has 1 aromatic heterocycles. The Kier molecular flexibility index (Phi) is 2.92. The number of nitrogens with zero attached hydrogens (tertiary/aromatic N) is 1. The maximum atomic E-state index is 6.55. The number of hydrogen-bond donors (Lipinski definition) is 1. The minimum absolute atomic E-state index is 0.166. The molecule has 2 aromatic rings. The summed E-state index contributed by atoms with van der Waals surface area (Å²) in [6.07, 6.45) is 9.16. The normalized spacial score (nSPS) is 18.7. The van der Waals surface area contributed by atoms with Crippen molar-refractivity contribution >= 4 is 0 Å². The summed E-state index contributed by atoms with van der Waals surface area (Å²) in [5.74, 6) is 0.663. The number of rotatable bonds is 2. The van der Waals surface area contributed by atoms with E-state index in [-0.39, 0.29) is 5.54 Å². The van der Waals surface area contributed by atoms with Gasteiger partial charge in [-0.05, 0) is 30.5 Å². The molecular formula is C15H18N2O. The minimum Gasteiger partial charge on any atom is -0.445 e. The summed E-state index contributed by atoms with van der Waals surface area (Å²) in [6.45, 7) is 0. The van der Waals surface area contributed by atoms with Gasteiger partial charge in [0, 0.05) is 11.1 Å². The molecule has 1 fully saturated rings. The SMILES string of the molecule is NC1(c2cccc(-c3ncco3)c2)CCCCC1. The Labute approximate surface area is 107 Å². The van der Waals surface area contributed by atoms with E-state index in [1.54, 1.807) is 12.5 Å². The Bertz CT molecular complexity index is 513. The molecule has 18 heavy (non-hydrogen) atoms. The van der Waals surface area contributed by atoms with Crippen LogP contribution in [0.1, 0.15) is 37.7 Å². The van der Waals surface area contributed by atoms with Crippen LogP contribution in [0.2, 0.25) is 0 Å². The van der Waals surface area contributed by atoms with Crippen molar-refractivity contribution in [2.75, 3.05) is 0 Å². The number of hydrogen-bond acceptors (Lipinski definition) is 3. The molecule has 0 aliphatic heterocycles. The number of oxazole rings is 1. The standard InChI is InChI=1S/C15H18N2O/c16-15(7-2-1-3-8-15)13-6-4-5-12(11-13)14-17-9-10-18-14/h4-6,9-11H,1-3,7-8,16H2. The Morgan fingerprint density at radius 2 is 2.00 bits per heavy atom. The van der Waals surface area contributed by atoms with Crippen molar-refractivity contribution in [3.8, 4) is 11.5 Å². The second-order valence-electron chi connectivity index (χ2n) is 5.13. The molecule has 0 radical (unpaired) electrons. The van der Waals surface area contributed by atoms with Crippen LogP contribution in [0.5, 0.6) is 0 Å². The molecule has 3 nitrogen and oxygen atoms in total. The molecule has 2 N–H and O–H groups in total. The van der Waals surface area contributed by atoms with Gasteiger partial charge in [0.2, 0.25) is 5.89 Å². The summed E-state index contributed by atoms with van der Waals surface area (Å²) in [7, 11) is 0. The van der Waals surface area contributed by atoms with E-state index in [4.69, 9.17) is 10.2 Å². The zero-order valence-electron chi connectivity index (χ0n) is 10.4. The highest BCUT2D eigenvalue weighted by molar-refractivity contribution is 5.55. The molecule has 1 aliphatic rings. The van der Waals surface area contributed by atoms with Crippen molar-refractivity contribution in [3.05, 3.63) is 42.3 Å². The van der Waals surface area contributed by atoms with E-state index in [9.17, 15) is 0 Å². The van der Waals surface area contributed by atoms with Crippen molar-refractivity contribution in [3.63, 3.8) is 0 Å². The highest BCUT2D eigenvalue weighted by atomic mass is 16.3. The quantitative estimate of drug-likeness (QED) is 0.877. The van der Waals surface area contributed by atoms with Crippen LogP contribution in [0.15, 0.2) is 41.1 Å². The second kappa shape index (κ2) is 4.58. The summed E-state index contributed by atoms with van der Waals surface area (Å²) in [6, 6.07) is 8.30. The van der Waals surface area contributed by atoms with Crippen LogP contribution in [0.4, 0.5) is 0 Å². The van der Waals surface area contributed by atoms with Crippen molar-refractivity contribution in [2.45, 2.75) is 37.6 Å². The zero-order valence-corrected chi connectivity index (χ0v) is 10.4. The van der Waals surface area contributed by atoms with Crippen LogP contribution in [0, 0.1) is 0 Å². The van der Waals surface area contributed by atoms with E-state index >= 15 is 0 Å². The van der Waals surface area contributed by atoms with Gasteiger partial charge in [-0.3, -0.25) is 0 Å². The molecule has 0 unspecified atom stereocenters. The molecule has 0 atom stereocenters. The fraction of sp³-hybridized carbons (Fsp3) is 0.400. The lowest BCUT2D eigenvalue weighted by atomic mass is 9.77. The topological polar surface area (TPSA) is 52.0 Å². The summed E-state index contributed by atoms with van der Waals surface area (Å²) in [4.78, 5) is 4.19. The Balaban J connectivity index is 1.95. The van der Waals surface area contributed by atoms with Gasteiger partial charge in [0.1, 0.15) is 6.26 Å². The lowest BCUT2D eigenvalue weighted by Gasteiger charge is -2.34. The number of benzene rings is 1. The predicted octanol–water partition coefficient (Wildman–Crippen LogP) is 3.46. The summed E-state index contributed by atoms with van der Waals surface area (Å²) in [5.41, 5.74) is 8.60. The van der Waals surface area contributed by atoms with Crippen LogP contribution in [0.3, 0.4) is 0 Å². The Morgan fingerprint density at radius 1 is 1.17 bits per heavy atom. The van der Waals surface area contributed by atoms with E-state index in [1.165, 1.54) is 24.8 Å². The second-order valence-corrected chi connectivity index (χ2v) is 5.13. The molecule has 1 aliphatic carbocycles. The van der Waals surface area contributed by atoms with Gasteiger partial charge in [-0.1, -0.05) is 31.4 Å².